The molecule has 158 valence electrons. The second kappa shape index (κ2) is 8.95. The highest BCUT2D eigenvalue weighted by Gasteiger charge is 2.41. The molecular weight excluding hydrogens is 386 g/mol. The Morgan fingerprint density at radius 1 is 1.10 bits per heavy atom. The highest BCUT2D eigenvalue weighted by atomic mass is 19.4. The Kier molecular flexibility index (Phi) is 7.06. The maximum absolute atomic E-state index is 15.1. The Balaban J connectivity index is 2.83. The number of benzene rings is 2. The van der Waals surface area contributed by atoms with E-state index in [1.54, 1.807) is 44.2 Å². The minimum absolute atomic E-state index is 0.123. The second-order valence-electron chi connectivity index (χ2n) is 6.88. The van der Waals surface area contributed by atoms with E-state index in [9.17, 15) is 18.0 Å². The summed E-state index contributed by atoms with van der Waals surface area (Å²) in [6, 6.07) is 6.94. The summed E-state index contributed by atoms with van der Waals surface area (Å²) in [5.74, 6) is -2.76. The van der Waals surface area contributed by atoms with Gasteiger partial charge in [-0.2, -0.15) is 13.2 Å². The Labute approximate surface area is 167 Å². The van der Waals surface area contributed by atoms with E-state index in [-0.39, 0.29) is 35.3 Å². The molecule has 0 radical (unpaired) electrons. The predicted octanol–water partition coefficient (Wildman–Crippen LogP) is 5.72. The third-order valence-electron chi connectivity index (χ3n) is 5.14. The molecule has 0 amide bonds. The minimum atomic E-state index is -4.91. The number of carbonyl (C=O) groups is 1. The highest BCUT2D eigenvalue weighted by molar-refractivity contribution is 5.76. The zero-order valence-electron chi connectivity index (χ0n) is 16.9. The quantitative estimate of drug-likeness (QED) is 0.489. The first kappa shape index (κ1) is 22.9. The third kappa shape index (κ3) is 4.45. The first-order valence-electron chi connectivity index (χ1n) is 9.43. The van der Waals surface area contributed by atoms with Crippen LogP contribution >= 0.6 is 0 Å². The normalized spacial score (nSPS) is 13.8. The van der Waals surface area contributed by atoms with Crippen LogP contribution in [0.2, 0.25) is 0 Å². The van der Waals surface area contributed by atoms with E-state index in [4.69, 9.17) is 10.5 Å². The number of hydrogen-bond acceptors (Lipinski definition) is 3. The lowest BCUT2D eigenvalue weighted by atomic mass is 9.81. The number of halogens is 4. The second-order valence-corrected chi connectivity index (χ2v) is 6.88. The number of ether oxygens (including phenoxy) is 1. The fourth-order valence-corrected chi connectivity index (χ4v) is 3.81. The fourth-order valence-electron chi connectivity index (χ4n) is 3.81. The van der Waals surface area contributed by atoms with Crippen molar-refractivity contribution >= 4 is 5.97 Å². The molecule has 2 atom stereocenters. The molecule has 29 heavy (non-hydrogen) atoms. The largest absolute Gasteiger partial charge is 0.466 e. The molecular formula is C22H25F4NO2. The molecule has 0 spiro atoms. The zero-order chi connectivity index (χ0) is 21.9. The lowest BCUT2D eigenvalue weighted by Gasteiger charge is -2.28. The standard InChI is InChI=1S/C22H25F4NO2/c1-5-15(21(28)29-6-2)20(27)16-12(3)17(14-10-8-7-9-11-14)19(23)18(13(16)4)22(24,25)26/h7-11,15,20H,5-6,27H2,1-4H3/t15-,20-/m0/s1. The molecule has 3 nitrogen and oxygen atoms in total. The summed E-state index contributed by atoms with van der Waals surface area (Å²) in [5.41, 5.74) is 5.20. The van der Waals surface area contributed by atoms with Crippen molar-refractivity contribution in [3.63, 3.8) is 0 Å². The van der Waals surface area contributed by atoms with E-state index >= 15 is 4.39 Å². The molecule has 0 aliphatic heterocycles. The van der Waals surface area contributed by atoms with Crippen LogP contribution in [-0.2, 0) is 15.7 Å². The molecule has 0 saturated heterocycles. The van der Waals surface area contributed by atoms with E-state index in [0.29, 0.717) is 5.56 Å². The van der Waals surface area contributed by atoms with E-state index in [2.05, 4.69) is 0 Å². The van der Waals surface area contributed by atoms with Crippen molar-refractivity contribution < 1.29 is 27.1 Å². The van der Waals surface area contributed by atoms with Gasteiger partial charge in [-0.05, 0) is 49.4 Å². The molecule has 0 aliphatic carbocycles. The van der Waals surface area contributed by atoms with Crippen molar-refractivity contribution in [2.24, 2.45) is 11.7 Å². The van der Waals surface area contributed by atoms with Crippen LogP contribution in [0.25, 0.3) is 11.1 Å². The average Bonchev–Trinajstić information content (AvgIpc) is 2.62. The minimum Gasteiger partial charge on any atom is -0.466 e. The molecule has 0 fully saturated rings. The molecule has 0 saturated carbocycles. The molecule has 0 heterocycles. The van der Waals surface area contributed by atoms with E-state index in [0.717, 1.165) is 0 Å². The molecule has 7 heteroatoms. The molecule has 0 aromatic heterocycles. The van der Waals surface area contributed by atoms with Crippen LogP contribution in [0.1, 0.15) is 48.6 Å². The van der Waals surface area contributed by atoms with Gasteiger partial charge in [0.25, 0.3) is 0 Å². The smallest absolute Gasteiger partial charge is 0.419 e. The van der Waals surface area contributed by atoms with E-state index in [1.807, 2.05) is 0 Å². The lowest BCUT2D eigenvalue weighted by molar-refractivity contribution is -0.149. The van der Waals surface area contributed by atoms with Gasteiger partial charge in [0.15, 0.2) is 0 Å². The first-order chi connectivity index (χ1) is 13.6. The van der Waals surface area contributed by atoms with Gasteiger partial charge in [0.2, 0.25) is 0 Å². The summed E-state index contributed by atoms with van der Waals surface area (Å²) in [7, 11) is 0. The van der Waals surface area contributed by atoms with Gasteiger partial charge in [0, 0.05) is 11.6 Å². The SMILES string of the molecule is CCOC(=O)[C@@H](CC)[C@H](N)c1c(C)c(-c2ccccc2)c(F)c(C(F)(F)F)c1C. The van der Waals surface area contributed by atoms with E-state index in [1.165, 1.54) is 13.8 Å². The number of rotatable bonds is 6. The van der Waals surface area contributed by atoms with Gasteiger partial charge in [-0.1, -0.05) is 37.3 Å². The van der Waals surface area contributed by atoms with Crippen LogP contribution < -0.4 is 5.73 Å². The van der Waals surface area contributed by atoms with Crippen LogP contribution in [0.3, 0.4) is 0 Å². The van der Waals surface area contributed by atoms with Crippen LogP contribution in [0.5, 0.6) is 0 Å². The van der Waals surface area contributed by atoms with Crippen LogP contribution in [0.15, 0.2) is 30.3 Å². The molecule has 2 aromatic carbocycles. The maximum atomic E-state index is 15.1. The number of esters is 1. The summed E-state index contributed by atoms with van der Waals surface area (Å²) >= 11 is 0. The number of carbonyl (C=O) groups excluding carboxylic acids is 1. The van der Waals surface area contributed by atoms with Gasteiger partial charge < -0.3 is 10.5 Å². The summed E-state index contributed by atoms with van der Waals surface area (Å²) < 4.78 is 61.5. The van der Waals surface area contributed by atoms with Gasteiger partial charge in [-0.15, -0.1) is 0 Å². The Morgan fingerprint density at radius 2 is 1.69 bits per heavy atom. The first-order valence-corrected chi connectivity index (χ1v) is 9.43. The highest BCUT2D eigenvalue weighted by Crippen LogP contribution is 2.44. The molecule has 2 N–H and O–H groups in total. The molecule has 0 bridgehead atoms. The Bertz CT molecular complexity index is 879. The topological polar surface area (TPSA) is 52.3 Å². The molecule has 2 aromatic rings. The summed E-state index contributed by atoms with van der Waals surface area (Å²) in [6.45, 7) is 6.21. The summed E-state index contributed by atoms with van der Waals surface area (Å²) in [5, 5.41) is 0. The lowest BCUT2D eigenvalue weighted by Crippen LogP contribution is -2.31. The number of nitrogens with two attached hydrogens (primary N) is 1. The van der Waals surface area contributed by atoms with Crippen LogP contribution in [-0.4, -0.2) is 12.6 Å². The van der Waals surface area contributed by atoms with Crippen LogP contribution in [0.4, 0.5) is 17.6 Å². The zero-order valence-corrected chi connectivity index (χ0v) is 16.9. The number of alkyl halides is 3. The van der Waals surface area contributed by atoms with Crippen molar-refractivity contribution in [3.05, 3.63) is 58.4 Å². The average molecular weight is 411 g/mol. The Hall–Kier alpha value is -2.41. The third-order valence-corrected chi connectivity index (χ3v) is 5.14. The number of hydrogen-bond donors (Lipinski definition) is 1. The summed E-state index contributed by atoms with van der Waals surface area (Å²) in [6.07, 6.45) is -4.64. The predicted molar refractivity (Wildman–Crippen MR) is 104 cm³/mol. The van der Waals surface area contributed by atoms with Gasteiger partial charge in [-0.3, -0.25) is 4.79 Å². The molecule has 0 aliphatic rings. The molecule has 0 unspecified atom stereocenters. The van der Waals surface area contributed by atoms with Crippen molar-refractivity contribution in [3.8, 4) is 11.1 Å². The fraction of sp³-hybridized carbons (Fsp3) is 0.409. The van der Waals surface area contributed by atoms with Gasteiger partial charge in [0.05, 0.1) is 18.1 Å². The van der Waals surface area contributed by atoms with Crippen molar-refractivity contribution in [1.82, 2.24) is 0 Å². The van der Waals surface area contributed by atoms with Gasteiger partial charge in [0.1, 0.15) is 5.82 Å². The van der Waals surface area contributed by atoms with Crippen LogP contribution in [0, 0.1) is 25.6 Å². The van der Waals surface area contributed by atoms with Gasteiger partial charge >= 0.3 is 12.1 Å². The maximum Gasteiger partial charge on any atom is 0.419 e. The molecule has 2 rings (SSSR count). The van der Waals surface area contributed by atoms with Crippen molar-refractivity contribution in [2.45, 2.75) is 46.3 Å². The van der Waals surface area contributed by atoms with E-state index < -0.39 is 35.5 Å². The Morgan fingerprint density at radius 3 is 2.17 bits per heavy atom. The van der Waals surface area contributed by atoms with Gasteiger partial charge in [-0.25, -0.2) is 4.39 Å². The summed E-state index contributed by atoms with van der Waals surface area (Å²) in [4.78, 5) is 12.3. The monoisotopic (exact) mass is 411 g/mol. The van der Waals surface area contributed by atoms with Crippen molar-refractivity contribution in [1.29, 1.82) is 0 Å². The van der Waals surface area contributed by atoms with Crippen molar-refractivity contribution in [2.75, 3.05) is 6.61 Å².